The maximum atomic E-state index is 11.9. The lowest BCUT2D eigenvalue weighted by atomic mass is 10.2. The van der Waals surface area contributed by atoms with Gasteiger partial charge in [0.2, 0.25) is 0 Å². The molecule has 2 rings (SSSR count). The highest BCUT2D eigenvalue weighted by atomic mass is 35.5. The Labute approximate surface area is 113 Å². The smallest absolute Gasteiger partial charge is 0.255 e. The second kappa shape index (κ2) is 5.25. The molecule has 0 aliphatic heterocycles. The van der Waals surface area contributed by atoms with Crippen molar-refractivity contribution >= 4 is 34.8 Å². The Balaban J connectivity index is 2.24. The van der Waals surface area contributed by atoms with Crippen molar-refractivity contribution in [2.24, 2.45) is 0 Å². The third kappa shape index (κ3) is 2.91. The minimum absolute atomic E-state index is 0.0621. The number of benzene rings is 1. The Morgan fingerprint density at radius 2 is 2.00 bits per heavy atom. The molecule has 1 aromatic carbocycles. The summed E-state index contributed by atoms with van der Waals surface area (Å²) < 4.78 is 0. The summed E-state index contributed by atoms with van der Waals surface area (Å²) >= 11 is 11.5. The van der Waals surface area contributed by atoms with E-state index < -0.39 is 5.91 Å². The zero-order chi connectivity index (χ0) is 13.1. The van der Waals surface area contributed by atoms with Crippen molar-refractivity contribution in [3.8, 4) is 5.75 Å². The number of hydrogen-bond acceptors (Lipinski definition) is 3. The van der Waals surface area contributed by atoms with Crippen LogP contribution >= 0.6 is 23.2 Å². The quantitative estimate of drug-likeness (QED) is 0.656. The number of rotatable bonds is 2. The second-order valence-electron chi connectivity index (χ2n) is 3.48. The van der Waals surface area contributed by atoms with Crippen molar-refractivity contribution in [3.63, 3.8) is 0 Å². The highest BCUT2D eigenvalue weighted by molar-refractivity contribution is 6.31. The molecule has 0 unspecified atom stereocenters. The Bertz CT molecular complexity index is 602. The number of aromatic hydroxyl groups is 1. The van der Waals surface area contributed by atoms with Gasteiger partial charge in [-0.2, -0.15) is 0 Å². The van der Waals surface area contributed by atoms with Crippen LogP contribution in [-0.4, -0.2) is 16.0 Å². The Morgan fingerprint density at radius 3 is 2.72 bits per heavy atom. The summed E-state index contributed by atoms with van der Waals surface area (Å²) in [6.07, 6.45) is 1.43. The van der Waals surface area contributed by atoms with Crippen molar-refractivity contribution in [2.75, 3.05) is 5.32 Å². The lowest BCUT2D eigenvalue weighted by Gasteiger charge is -2.07. The van der Waals surface area contributed by atoms with Gasteiger partial charge >= 0.3 is 0 Å². The van der Waals surface area contributed by atoms with Crippen molar-refractivity contribution in [2.45, 2.75) is 0 Å². The molecule has 92 valence electrons. The minimum atomic E-state index is -0.406. The van der Waals surface area contributed by atoms with Crippen LogP contribution in [0, 0.1) is 0 Å². The van der Waals surface area contributed by atoms with Gasteiger partial charge in [-0.25, -0.2) is 4.98 Å². The molecule has 2 N–H and O–H groups in total. The van der Waals surface area contributed by atoms with Crippen LogP contribution in [0.25, 0.3) is 0 Å². The lowest BCUT2D eigenvalue weighted by Crippen LogP contribution is -2.12. The molecule has 0 aliphatic rings. The third-order valence-electron chi connectivity index (χ3n) is 2.20. The van der Waals surface area contributed by atoms with Crippen LogP contribution in [0.4, 0.5) is 5.69 Å². The molecule has 0 aliphatic carbocycles. The number of carbonyl (C=O) groups is 1. The molecule has 4 nitrogen and oxygen atoms in total. The van der Waals surface area contributed by atoms with Crippen molar-refractivity contribution in [3.05, 3.63) is 52.3 Å². The van der Waals surface area contributed by atoms with Crippen LogP contribution in [0.15, 0.2) is 36.5 Å². The zero-order valence-corrected chi connectivity index (χ0v) is 10.5. The highest BCUT2D eigenvalue weighted by Crippen LogP contribution is 2.27. The van der Waals surface area contributed by atoms with Gasteiger partial charge in [0.1, 0.15) is 10.9 Å². The molecule has 0 radical (unpaired) electrons. The van der Waals surface area contributed by atoms with Gasteiger partial charge in [0.15, 0.2) is 0 Å². The summed E-state index contributed by atoms with van der Waals surface area (Å²) in [5.74, 6) is -0.468. The van der Waals surface area contributed by atoms with E-state index in [-0.39, 0.29) is 16.6 Å². The fourth-order valence-electron chi connectivity index (χ4n) is 1.35. The summed E-state index contributed by atoms with van der Waals surface area (Å²) in [6, 6.07) is 7.33. The molecule has 2 aromatic rings. The molecule has 0 bridgehead atoms. The molecule has 1 amide bonds. The number of phenols is 1. The van der Waals surface area contributed by atoms with Crippen LogP contribution in [0.5, 0.6) is 5.75 Å². The van der Waals surface area contributed by atoms with E-state index in [1.54, 1.807) is 0 Å². The van der Waals surface area contributed by atoms with E-state index in [1.165, 1.54) is 36.5 Å². The topological polar surface area (TPSA) is 62.2 Å². The normalized spacial score (nSPS) is 10.1. The van der Waals surface area contributed by atoms with Crippen molar-refractivity contribution < 1.29 is 9.90 Å². The largest absolute Gasteiger partial charge is 0.506 e. The minimum Gasteiger partial charge on any atom is -0.506 e. The van der Waals surface area contributed by atoms with Gasteiger partial charge in [-0.1, -0.05) is 23.2 Å². The van der Waals surface area contributed by atoms with Gasteiger partial charge in [0.05, 0.1) is 5.69 Å². The Hall–Kier alpha value is -1.78. The predicted molar refractivity (Wildman–Crippen MR) is 70.3 cm³/mol. The van der Waals surface area contributed by atoms with Crippen LogP contribution in [0.2, 0.25) is 10.2 Å². The van der Waals surface area contributed by atoms with Crippen LogP contribution < -0.4 is 5.32 Å². The summed E-state index contributed by atoms with van der Waals surface area (Å²) in [4.78, 5) is 15.7. The molecule has 6 heteroatoms. The number of phenolic OH excluding ortho intramolecular Hbond substituents is 1. The summed E-state index contributed by atoms with van der Waals surface area (Å²) in [5.41, 5.74) is 0.579. The van der Waals surface area contributed by atoms with Crippen molar-refractivity contribution in [1.29, 1.82) is 0 Å². The van der Waals surface area contributed by atoms with Gasteiger partial charge in [-0.05, 0) is 30.3 Å². The molecular formula is C12H8Cl2N2O2. The summed E-state index contributed by atoms with van der Waals surface area (Å²) in [7, 11) is 0. The SMILES string of the molecule is O=C(Nc1cc(Cl)ccc1O)c1ccnc(Cl)c1. The van der Waals surface area contributed by atoms with E-state index in [4.69, 9.17) is 23.2 Å². The summed E-state index contributed by atoms with van der Waals surface area (Å²) in [6.45, 7) is 0. The number of halogens is 2. The second-order valence-corrected chi connectivity index (χ2v) is 4.31. The molecule has 0 saturated carbocycles. The molecule has 1 heterocycles. The average molecular weight is 283 g/mol. The maximum absolute atomic E-state index is 11.9. The molecule has 0 fully saturated rings. The average Bonchev–Trinajstić information content (AvgIpc) is 2.34. The number of hydrogen-bond donors (Lipinski definition) is 2. The van der Waals surface area contributed by atoms with E-state index >= 15 is 0 Å². The fraction of sp³-hybridized carbons (Fsp3) is 0. The number of nitrogens with zero attached hydrogens (tertiary/aromatic N) is 1. The first-order chi connectivity index (χ1) is 8.56. The van der Waals surface area contributed by atoms with Crippen LogP contribution in [0.1, 0.15) is 10.4 Å². The molecule has 0 saturated heterocycles. The van der Waals surface area contributed by atoms with E-state index in [9.17, 15) is 9.90 Å². The monoisotopic (exact) mass is 282 g/mol. The van der Waals surface area contributed by atoms with E-state index in [0.29, 0.717) is 10.6 Å². The van der Waals surface area contributed by atoms with Gasteiger partial charge in [-0.3, -0.25) is 4.79 Å². The van der Waals surface area contributed by atoms with E-state index in [0.717, 1.165) is 0 Å². The fourth-order valence-corrected chi connectivity index (χ4v) is 1.69. The van der Waals surface area contributed by atoms with Gasteiger partial charge in [0.25, 0.3) is 5.91 Å². The van der Waals surface area contributed by atoms with Gasteiger partial charge in [-0.15, -0.1) is 0 Å². The van der Waals surface area contributed by atoms with Crippen LogP contribution in [-0.2, 0) is 0 Å². The van der Waals surface area contributed by atoms with E-state index in [1.807, 2.05) is 0 Å². The first-order valence-corrected chi connectivity index (χ1v) is 5.73. The predicted octanol–water partition coefficient (Wildman–Crippen LogP) is 3.35. The van der Waals surface area contributed by atoms with Gasteiger partial charge in [0, 0.05) is 16.8 Å². The molecular weight excluding hydrogens is 275 g/mol. The Kier molecular flexibility index (Phi) is 3.69. The number of anilines is 1. The van der Waals surface area contributed by atoms with Gasteiger partial charge < -0.3 is 10.4 Å². The van der Waals surface area contributed by atoms with E-state index in [2.05, 4.69) is 10.3 Å². The zero-order valence-electron chi connectivity index (χ0n) is 9.02. The molecule has 0 atom stereocenters. The van der Waals surface area contributed by atoms with Crippen molar-refractivity contribution in [1.82, 2.24) is 4.98 Å². The Morgan fingerprint density at radius 1 is 1.22 bits per heavy atom. The first-order valence-electron chi connectivity index (χ1n) is 4.97. The number of aromatic nitrogens is 1. The maximum Gasteiger partial charge on any atom is 0.255 e. The number of pyridine rings is 1. The molecule has 1 aromatic heterocycles. The highest BCUT2D eigenvalue weighted by Gasteiger charge is 2.10. The summed E-state index contributed by atoms with van der Waals surface area (Å²) in [5, 5.41) is 12.7. The van der Waals surface area contributed by atoms with Crippen LogP contribution in [0.3, 0.4) is 0 Å². The number of nitrogens with one attached hydrogen (secondary N) is 1. The lowest BCUT2D eigenvalue weighted by molar-refractivity contribution is 0.102. The number of amides is 1. The standard InChI is InChI=1S/C12H8Cl2N2O2/c13-8-1-2-10(17)9(6-8)16-12(18)7-3-4-15-11(14)5-7/h1-6,17H,(H,16,18). The molecule has 18 heavy (non-hydrogen) atoms. The molecule has 0 spiro atoms. The number of carbonyl (C=O) groups excluding carboxylic acids is 1. The first kappa shape index (κ1) is 12.7. The third-order valence-corrected chi connectivity index (χ3v) is 2.64.